The highest BCUT2D eigenvalue weighted by Crippen LogP contribution is 2.28. The van der Waals surface area contributed by atoms with E-state index >= 15 is 0 Å². The molecule has 2 heterocycles. The molecular weight excluding hydrogens is 406 g/mol. The fourth-order valence-electron chi connectivity index (χ4n) is 4.54. The van der Waals surface area contributed by atoms with Crippen molar-refractivity contribution in [2.24, 2.45) is 0 Å². The number of nitrogens with one attached hydrogen (secondary N) is 1. The molecule has 0 aromatic heterocycles. The van der Waals surface area contributed by atoms with E-state index in [1.54, 1.807) is 7.11 Å². The molecule has 2 aliphatic heterocycles. The number of ether oxygens (including phenoxy) is 2. The van der Waals surface area contributed by atoms with Crippen LogP contribution in [0.5, 0.6) is 11.5 Å². The van der Waals surface area contributed by atoms with Crippen LogP contribution in [0.3, 0.4) is 0 Å². The van der Waals surface area contributed by atoms with Crippen molar-refractivity contribution in [3.63, 3.8) is 0 Å². The van der Waals surface area contributed by atoms with Crippen LogP contribution in [0.2, 0.25) is 0 Å². The van der Waals surface area contributed by atoms with Crippen LogP contribution < -0.4 is 14.8 Å². The Morgan fingerprint density at radius 1 is 1.06 bits per heavy atom. The van der Waals surface area contributed by atoms with Gasteiger partial charge in [-0.15, -0.1) is 0 Å². The first-order chi connectivity index (χ1) is 15.7. The Morgan fingerprint density at radius 3 is 2.56 bits per heavy atom. The van der Waals surface area contributed by atoms with Crippen LogP contribution >= 0.6 is 0 Å². The Kier molecular flexibility index (Phi) is 10.6. The molecule has 0 saturated carbocycles. The third-order valence-corrected chi connectivity index (χ3v) is 6.36. The monoisotopic (exact) mass is 447 g/mol. The average Bonchev–Trinajstić information content (AvgIpc) is 3.18. The molecule has 180 valence electrons. The highest BCUT2D eigenvalue weighted by atomic mass is 16.5. The highest BCUT2D eigenvalue weighted by molar-refractivity contribution is 5.77. The molecule has 1 aromatic rings. The van der Waals surface area contributed by atoms with Crippen LogP contribution in [0.4, 0.5) is 0 Å². The number of rotatable bonds is 12. The Balaban J connectivity index is 1.40. The quantitative estimate of drug-likeness (QED) is 0.480. The van der Waals surface area contributed by atoms with E-state index in [4.69, 9.17) is 9.47 Å². The van der Waals surface area contributed by atoms with E-state index in [0.717, 1.165) is 57.7 Å². The van der Waals surface area contributed by atoms with Crippen LogP contribution in [-0.2, 0) is 11.3 Å². The Hall–Kier alpha value is -1.83. The number of benzene rings is 1. The SMILES string of the molecule is COc1ccc(CNCCCN2CCCC2=O)cc1OC[C@@H](O)CN1CCCCCCC1. The van der Waals surface area contributed by atoms with Gasteiger partial charge < -0.3 is 29.7 Å². The van der Waals surface area contributed by atoms with Crippen LogP contribution in [0.1, 0.15) is 56.9 Å². The van der Waals surface area contributed by atoms with Gasteiger partial charge in [0.15, 0.2) is 11.5 Å². The van der Waals surface area contributed by atoms with Crippen molar-refractivity contribution >= 4 is 5.91 Å². The molecule has 0 bridgehead atoms. The molecule has 1 aromatic carbocycles. The normalized spacial score (nSPS) is 18.9. The van der Waals surface area contributed by atoms with Gasteiger partial charge in [-0.25, -0.2) is 0 Å². The van der Waals surface area contributed by atoms with Gasteiger partial charge in [-0.2, -0.15) is 0 Å². The van der Waals surface area contributed by atoms with E-state index in [1.807, 2.05) is 23.1 Å². The molecular formula is C25H41N3O4. The molecule has 7 nitrogen and oxygen atoms in total. The summed E-state index contributed by atoms with van der Waals surface area (Å²) in [4.78, 5) is 16.0. The number of carbonyl (C=O) groups is 1. The fraction of sp³-hybridized carbons (Fsp3) is 0.720. The van der Waals surface area contributed by atoms with E-state index in [0.29, 0.717) is 24.5 Å². The number of carbonyl (C=O) groups excluding carboxylic acids is 1. The van der Waals surface area contributed by atoms with Crippen LogP contribution in [-0.4, -0.2) is 79.9 Å². The molecule has 1 amide bonds. The zero-order chi connectivity index (χ0) is 22.6. The fourth-order valence-corrected chi connectivity index (χ4v) is 4.54. The smallest absolute Gasteiger partial charge is 0.222 e. The van der Waals surface area contributed by atoms with Gasteiger partial charge in [-0.05, 0) is 63.0 Å². The number of aliphatic hydroxyl groups is 1. The molecule has 3 rings (SSSR count). The summed E-state index contributed by atoms with van der Waals surface area (Å²) in [7, 11) is 1.64. The van der Waals surface area contributed by atoms with Gasteiger partial charge in [0.2, 0.25) is 5.91 Å². The number of nitrogens with zero attached hydrogens (tertiary/aromatic N) is 2. The van der Waals surface area contributed by atoms with E-state index in [-0.39, 0.29) is 12.5 Å². The Bertz CT molecular complexity index is 692. The molecule has 2 fully saturated rings. The predicted octanol–water partition coefficient (Wildman–Crippen LogP) is 2.80. The zero-order valence-corrected chi connectivity index (χ0v) is 19.7. The predicted molar refractivity (Wildman–Crippen MR) is 126 cm³/mol. The average molecular weight is 448 g/mol. The molecule has 2 N–H and O–H groups in total. The van der Waals surface area contributed by atoms with Gasteiger partial charge in [-0.3, -0.25) is 4.79 Å². The molecule has 1 atom stereocenters. The van der Waals surface area contributed by atoms with Gasteiger partial charge in [0.25, 0.3) is 0 Å². The lowest BCUT2D eigenvalue weighted by Gasteiger charge is -2.26. The van der Waals surface area contributed by atoms with Gasteiger partial charge in [0.1, 0.15) is 12.7 Å². The van der Waals surface area contributed by atoms with Crippen molar-refractivity contribution in [2.45, 2.75) is 64.0 Å². The summed E-state index contributed by atoms with van der Waals surface area (Å²) in [6, 6.07) is 5.93. The summed E-state index contributed by atoms with van der Waals surface area (Å²) in [6.45, 7) is 6.36. The minimum absolute atomic E-state index is 0.258. The number of β-amino-alcohol motifs (C(OH)–C–C–N with tert-alkyl or cyclic N) is 1. The Morgan fingerprint density at radius 2 is 1.84 bits per heavy atom. The summed E-state index contributed by atoms with van der Waals surface area (Å²) in [6.07, 6.45) is 8.47. The van der Waals surface area contributed by atoms with Gasteiger partial charge in [0, 0.05) is 32.6 Å². The lowest BCUT2D eigenvalue weighted by molar-refractivity contribution is -0.127. The zero-order valence-electron chi connectivity index (χ0n) is 19.7. The number of aliphatic hydroxyl groups excluding tert-OH is 1. The van der Waals surface area contributed by atoms with Gasteiger partial charge >= 0.3 is 0 Å². The first-order valence-electron chi connectivity index (χ1n) is 12.3. The maximum Gasteiger partial charge on any atom is 0.222 e. The molecule has 0 radical (unpaired) electrons. The van der Waals surface area contributed by atoms with Crippen molar-refractivity contribution < 1.29 is 19.4 Å². The standard InChI is InChI=1S/C25H41N3O4/c1-31-23-11-10-21(18-26-12-8-16-28-15-7-9-25(28)30)17-24(23)32-20-22(29)19-27-13-5-3-2-4-6-14-27/h10-11,17,22,26,29H,2-9,12-16,18-20H2,1H3/t22-/m0/s1. The largest absolute Gasteiger partial charge is 0.493 e. The number of likely N-dealkylation sites (tertiary alicyclic amines) is 2. The number of hydrogen-bond donors (Lipinski definition) is 2. The minimum atomic E-state index is -0.519. The maximum absolute atomic E-state index is 11.7. The molecule has 0 aliphatic carbocycles. The lowest BCUT2D eigenvalue weighted by atomic mass is 10.1. The summed E-state index contributed by atoms with van der Waals surface area (Å²) >= 11 is 0. The minimum Gasteiger partial charge on any atom is -0.493 e. The third kappa shape index (κ3) is 8.26. The summed E-state index contributed by atoms with van der Waals surface area (Å²) in [5.41, 5.74) is 1.11. The molecule has 0 spiro atoms. The van der Waals surface area contributed by atoms with E-state index < -0.39 is 6.10 Å². The molecule has 32 heavy (non-hydrogen) atoms. The second-order valence-corrected chi connectivity index (χ2v) is 9.03. The van der Waals surface area contributed by atoms with Gasteiger partial charge in [0.05, 0.1) is 7.11 Å². The molecule has 2 aliphatic rings. The second-order valence-electron chi connectivity index (χ2n) is 9.03. The topological polar surface area (TPSA) is 74.3 Å². The van der Waals surface area contributed by atoms with E-state index in [2.05, 4.69) is 10.2 Å². The Labute approximate surface area is 193 Å². The first kappa shape index (κ1) is 24.8. The van der Waals surface area contributed by atoms with Crippen LogP contribution in [0.15, 0.2) is 18.2 Å². The number of amides is 1. The maximum atomic E-state index is 11.7. The molecule has 7 heteroatoms. The number of methoxy groups -OCH3 is 1. The van der Waals surface area contributed by atoms with E-state index in [9.17, 15) is 9.90 Å². The van der Waals surface area contributed by atoms with Crippen molar-refractivity contribution in [2.75, 3.05) is 53.0 Å². The third-order valence-electron chi connectivity index (χ3n) is 6.36. The van der Waals surface area contributed by atoms with Crippen molar-refractivity contribution in [3.8, 4) is 11.5 Å². The first-order valence-corrected chi connectivity index (χ1v) is 12.3. The lowest BCUT2D eigenvalue weighted by Crippen LogP contribution is -2.37. The van der Waals surface area contributed by atoms with Gasteiger partial charge in [-0.1, -0.05) is 25.3 Å². The summed E-state index contributed by atoms with van der Waals surface area (Å²) in [5.74, 6) is 1.64. The summed E-state index contributed by atoms with van der Waals surface area (Å²) < 4.78 is 11.4. The molecule has 0 unspecified atom stereocenters. The molecule has 2 saturated heterocycles. The van der Waals surface area contributed by atoms with Crippen LogP contribution in [0, 0.1) is 0 Å². The summed E-state index contributed by atoms with van der Waals surface area (Å²) in [5, 5.41) is 14.0. The van der Waals surface area contributed by atoms with Crippen molar-refractivity contribution in [1.29, 1.82) is 0 Å². The number of hydrogen-bond acceptors (Lipinski definition) is 6. The second kappa shape index (κ2) is 13.7. The van der Waals surface area contributed by atoms with E-state index in [1.165, 1.54) is 32.1 Å². The van der Waals surface area contributed by atoms with Crippen molar-refractivity contribution in [1.82, 2.24) is 15.1 Å². The van der Waals surface area contributed by atoms with Crippen LogP contribution in [0.25, 0.3) is 0 Å². The van der Waals surface area contributed by atoms with Crippen molar-refractivity contribution in [3.05, 3.63) is 23.8 Å². The highest BCUT2D eigenvalue weighted by Gasteiger charge is 2.19.